The monoisotopic (exact) mass is 396 g/mol. The molecular formula is C17H25BrN4O2. The molecule has 1 fully saturated rings. The Morgan fingerprint density at radius 2 is 2.08 bits per heavy atom. The Bertz CT molecular complexity index is 632. The van der Waals surface area contributed by atoms with Crippen LogP contribution in [0.1, 0.15) is 27.2 Å². The van der Waals surface area contributed by atoms with Crippen molar-refractivity contribution in [2.24, 2.45) is 0 Å². The zero-order valence-corrected chi connectivity index (χ0v) is 16.3. The fourth-order valence-electron chi connectivity index (χ4n) is 3.26. The molecule has 1 amide bonds. The highest BCUT2D eigenvalue weighted by Crippen LogP contribution is 2.35. The molecule has 2 aliphatic rings. The number of ether oxygens (including phenoxy) is 1. The molecule has 1 aromatic heterocycles. The van der Waals surface area contributed by atoms with Gasteiger partial charge in [0.1, 0.15) is 5.60 Å². The smallest absolute Gasteiger partial charge is 0.410 e. The molecule has 0 radical (unpaired) electrons. The standard InChI is InChI=1S/C17H25BrN4O2/c1-17(2,3)24-16(23)21-7-8-22-13(11-21)5-6-20(4)14-9-12(18)10-19-15(14)22/h9-10,13H,5-8,11H2,1-4H3. The van der Waals surface area contributed by atoms with E-state index in [4.69, 9.17) is 4.74 Å². The second-order valence-corrected chi connectivity index (χ2v) is 8.40. The number of piperazine rings is 1. The molecule has 1 atom stereocenters. The lowest BCUT2D eigenvalue weighted by atomic mass is 10.1. The number of hydrogen-bond acceptors (Lipinski definition) is 5. The third kappa shape index (κ3) is 3.61. The molecular weight excluding hydrogens is 372 g/mol. The Morgan fingerprint density at radius 3 is 2.79 bits per heavy atom. The van der Waals surface area contributed by atoms with Gasteiger partial charge < -0.3 is 19.4 Å². The van der Waals surface area contributed by atoms with Gasteiger partial charge in [-0.1, -0.05) is 0 Å². The number of hydrogen-bond donors (Lipinski definition) is 0. The van der Waals surface area contributed by atoms with E-state index in [1.807, 2.05) is 31.9 Å². The number of carbonyl (C=O) groups excluding carboxylic acids is 1. The van der Waals surface area contributed by atoms with Crippen LogP contribution in [0.15, 0.2) is 16.7 Å². The Hall–Kier alpha value is -1.50. The molecule has 1 saturated heterocycles. The molecule has 1 unspecified atom stereocenters. The van der Waals surface area contributed by atoms with Crippen LogP contribution in [0.2, 0.25) is 0 Å². The molecule has 0 aromatic carbocycles. The van der Waals surface area contributed by atoms with Gasteiger partial charge in [0.05, 0.1) is 5.69 Å². The molecule has 0 saturated carbocycles. The molecule has 0 bridgehead atoms. The number of fused-ring (bicyclic) bond motifs is 3. The van der Waals surface area contributed by atoms with Crippen molar-refractivity contribution in [1.29, 1.82) is 0 Å². The lowest BCUT2D eigenvalue weighted by Gasteiger charge is -2.41. The summed E-state index contributed by atoms with van der Waals surface area (Å²) in [4.78, 5) is 23.4. The molecule has 24 heavy (non-hydrogen) atoms. The molecule has 132 valence electrons. The van der Waals surface area contributed by atoms with Crippen LogP contribution >= 0.6 is 15.9 Å². The van der Waals surface area contributed by atoms with Gasteiger partial charge in [-0.2, -0.15) is 0 Å². The van der Waals surface area contributed by atoms with Gasteiger partial charge in [0.15, 0.2) is 5.82 Å². The molecule has 0 spiro atoms. The second kappa shape index (κ2) is 6.43. The molecule has 2 aliphatic heterocycles. The van der Waals surface area contributed by atoms with Crippen LogP contribution in [0.3, 0.4) is 0 Å². The minimum Gasteiger partial charge on any atom is -0.444 e. The fraction of sp³-hybridized carbons (Fsp3) is 0.647. The third-order valence-corrected chi connectivity index (χ3v) is 4.86. The van der Waals surface area contributed by atoms with Crippen LogP contribution in [0.5, 0.6) is 0 Å². The van der Waals surface area contributed by atoms with Gasteiger partial charge in [-0.05, 0) is 49.2 Å². The number of amides is 1. The van der Waals surface area contributed by atoms with E-state index in [0.717, 1.165) is 35.5 Å². The number of aromatic nitrogens is 1. The van der Waals surface area contributed by atoms with Crippen molar-refractivity contribution in [2.45, 2.75) is 38.8 Å². The topological polar surface area (TPSA) is 48.9 Å². The molecule has 3 heterocycles. The van der Waals surface area contributed by atoms with E-state index in [0.29, 0.717) is 13.1 Å². The van der Waals surface area contributed by atoms with Crippen molar-refractivity contribution in [3.63, 3.8) is 0 Å². The first-order chi connectivity index (χ1) is 11.2. The van der Waals surface area contributed by atoms with E-state index in [-0.39, 0.29) is 12.1 Å². The van der Waals surface area contributed by atoms with Crippen LogP contribution in [-0.2, 0) is 4.74 Å². The Morgan fingerprint density at radius 1 is 1.33 bits per heavy atom. The summed E-state index contributed by atoms with van der Waals surface area (Å²) in [5.41, 5.74) is 0.677. The van der Waals surface area contributed by atoms with Gasteiger partial charge in [-0.3, -0.25) is 0 Å². The SMILES string of the molecule is CN1CCC2CN(C(=O)OC(C)(C)C)CCN2c2ncc(Br)cc21. The van der Waals surface area contributed by atoms with Crippen molar-refractivity contribution in [2.75, 3.05) is 43.0 Å². The maximum Gasteiger partial charge on any atom is 0.410 e. The van der Waals surface area contributed by atoms with Crippen molar-refractivity contribution in [3.05, 3.63) is 16.7 Å². The molecule has 7 heteroatoms. The van der Waals surface area contributed by atoms with Gasteiger partial charge in [-0.25, -0.2) is 9.78 Å². The first kappa shape index (κ1) is 17.3. The fourth-order valence-corrected chi connectivity index (χ4v) is 3.58. The first-order valence-electron chi connectivity index (χ1n) is 8.36. The normalized spacial score (nSPS) is 21.0. The maximum atomic E-state index is 12.4. The van der Waals surface area contributed by atoms with Crippen LogP contribution < -0.4 is 9.80 Å². The van der Waals surface area contributed by atoms with E-state index in [1.165, 1.54) is 0 Å². The van der Waals surface area contributed by atoms with Gasteiger partial charge in [0.25, 0.3) is 0 Å². The number of carbonyl (C=O) groups is 1. The highest BCUT2D eigenvalue weighted by molar-refractivity contribution is 9.10. The lowest BCUT2D eigenvalue weighted by Crippen LogP contribution is -2.55. The number of rotatable bonds is 0. The largest absolute Gasteiger partial charge is 0.444 e. The van der Waals surface area contributed by atoms with Crippen molar-refractivity contribution < 1.29 is 9.53 Å². The minimum absolute atomic E-state index is 0.219. The van der Waals surface area contributed by atoms with E-state index < -0.39 is 5.60 Å². The quantitative estimate of drug-likeness (QED) is 0.674. The first-order valence-corrected chi connectivity index (χ1v) is 9.15. The average Bonchev–Trinajstić information content (AvgIpc) is 2.63. The van der Waals surface area contributed by atoms with Gasteiger partial charge in [-0.15, -0.1) is 0 Å². The summed E-state index contributed by atoms with van der Waals surface area (Å²) in [5.74, 6) is 1.01. The van der Waals surface area contributed by atoms with Crippen molar-refractivity contribution in [1.82, 2.24) is 9.88 Å². The third-order valence-electron chi connectivity index (χ3n) is 4.43. The summed E-state index contributed by atoms with van der Waals surface area (Å²) in [7, 11) is 2.09. The van der Waals surface area contributed by atoms with E-state index in [1.54, 1.807) is 0 Å². The van der Waals surface area contributed by atoms with E-state index in [9.17, 15) is 4.79 Å². The Labute approximate surface area is 151 Å². The zero-order valence-electron chi connectivity index (χ0n) is 14.8. The highest BCUT2D eigenvalue weighted by Gasteiger charge is 2.35. The van der Waals surface area contributed by atoms with Crippen molar-refractivity contribution >= 4 is 33.5 Å². The maximum absolute atomic E-state index is 12.4. The molecule has 0 aliphatic carbocycles. The van der Waals surface area contributed by atoms with Crippen molar-refractivity contribution in [3.8, 4) is 0 Å². The van der Waals surface area contributed by atoms with E-state index in [2.05, 4.69) is 43.8 Å². The number of halogens is 1. The Kier molecular flexibility index (Phi) is 4.64. The second-order valence-electron chi connectivity index (χ2n) is 7.48. The highest BCUT2D eigenvalue weighted by atomic mass is 79.9. The molecule has 6 nitrogen and oxygen atoms in total. The molecule has 0 N–H and O–H groups in total. The average molecular weight is 397 g/mol. The van der Waals surface area contributed by atoms with Crippen LogP contribution in [0.25, 0.3) is 0 Å². The van der Waals surface area contributed by atoms with Gasteiger partial charge in [0.2, 0.25) is 0 Å². The van der Waals surface area contributed by atoms with Gasteiger partial charge >= 0.3 is 6.09 Å². The van der Waals surface area contributed by atoms with Crippen LogP contribution in [0, 0.1) is 0 Å². The Balaban J connectivity index is 1.79. The molecule has 3 rings (SSSR count). The van der Waals surface area contributed by atoms with Crippen LogP contribution in [-0.4, -0.2) is 60.8 Å². The molecule has 1 aromatic rings. The minimum atomic E-state index is -0.460. The summed E-state index contributed by atoms with van der Waals surface area (Å²) in [6.07, 6.45) is 2.61. The predicted molar refractivity (Wildman–Crippen MR) is 98.8 cm³/mol. The number of nitrogens with zero attached hydrogens (tertiary/aromatic N) is 4. The zero-order chi connectivity index (χ0) is 17.5. The van der Waals surface area contributed by atoms with Crippen LogP contribution in [0.4, 0.5) is 16.3 Å². The number of pyridine rings is 1. The summed E-state index contributed by atoms with van der Waals surface area (Å²) in [6, 6.07) is 2.38. The lowest BCUT2D eigenvalue weighted by molar-refractivity contribution is 0.0213. The number of anilines is 2. The summed E-state index contributed by atoms with van der Waals surface area (Å²) in [5, 5.41) is 0. The predicted octanol–water partition coefficient (Wildman–Crippen LogP) is 3.11. The van der Waals surface area contributed by atoms with Gasteiger partial charge in [0, 0.05) is 49.9 Å². The van der Waals surface area contributed by atoms with E-state index >= 15 is 0 Å². The summed E-state index contributed by atoms with van der Waals surface area (Å²) >= 11 is 3.51. The summed E-state index contributed by atoms with van der Waals surface area (Å²) < 4.78 is 6.52. The summed E-state index contributed by atoms with van der Waals surface area (Å²) in [6.45, 7) is 8.76.